The van der Waals surface area contributed by atoms with E-state index in [-0.39, 0.29) is 11.0 Å². The molecule has 0 amide bonds. The molecule has 0 saturated carbocycles. The lowest BCUT2D eigenvalue weighted by molar-refractivity contribution is 0.160. The number of hydrogen-bond donors (Lipinski definition) is 1. The summed E-state index contributed by atoms with van der Waals surface area (Å²) >= 11 is 0. The molecule has 1 N–H and O–H groups in total. The first kappa shape index (κ1) is 17.5. The molecule has 0 aromatic rings. The van der Waals surface area contributed by atoms with Crippen molar-refractivity contribution >= 4 is 0 Å². The van der Waals surface area contributed by atoms with E-state index in [0.29, 0.717) is 0 Å². The largest absolute Gasteiger partial charge is 0.312 e. The zero-order chi connectivity index (χ0) is 15.2. The number of nitriles is 1. The second-order valence-electron chi connectivity index (χ2n) is 8.04. The summed E-state index contributed by atoms with van der Waals surface area (Å²) in [7, 11) is 0. The van der Waals surface area contributed by atoms with Gasteiger partial charge in [-0.1, -0.05) is 0 Å². The molecule has 20 heavy (non-hydrogen) atoms. The summed E-state index contributed by atoms with van der Waals surface area (Å²) in [5.41, 5.74) is 0.0576. The van der Waals surface area contributed by atoms with Gasteiger partial charge in [-0.05, 0) is 85.9 Å². The Morgan fingerprint density at radius 1 is 1.25 bits per heavy atom. The molecule has 0 aromatic heterocycles. The summed E-state index contributed by atoms with van der Waals surface area (Å²) < 4.78 is 0. The van der Waals surface area contributed by atoms with Gasteiger partial charge < -0.3 is 10.2 Å². The third kappa shape index (κ3) is 7.26. The average molecular weight is 279 g/mol. The zero-order valence-corrected chi connectivity index (χ0v) is 14.1. The Bertz CT molecular complexity index is 322. The third-order valence-electron chi connectivity index (χ3n) is 4.10. The summed E-state index contributed by atoms with van der Waals surface area (Å²) in [5.74, 6) is 0.784. The van der Waals surface area contributed by atoms with E-state index < -0.39 is 0 Å². The normalized spacial score (nSPS) is 21.7. The van der Waals surface area contributed by atoms with Gasteiger partial charge in [0.1, 0.15) is 0 Å². The number of hydrogen-bond acceptors (Lipinski definition) is 3. The van der Waals surface area contributed by atoms with Crippen molar-refractivity contribution < 1.29 is 0 Å². The van der Waals surface area contributed by atoms with E-state index >= 15 is 0 Å². The van der Waals surface area contributed by atoms with Gasteiger partial charge in [-0.25, -0.2) is 0 Å². The van der Waals surface area contributed by atoms with Crippen molar-refractivity contribution in [3.8, 4) is 6.07 Å². The van der Waals surface area contributed by atoms with Gasteiger partial charge in [0.2, 0.25) is 0 Å². The van der Waals surface area contributed by atoms with Gasteiger partial charge in [-0.2, -0.15) is 5.26 Å². The molecular formula is C17H33N3. The van der Waals surface area contributed by atoms with Crippen molar-refractivity contribution in [2.75, 3.05) is 26.2 Å². The van der Waals surface area contributed by atoms with Gasteiger partial charge in [-0.3, -0.25) is 0 Å². The molecule has 1 fully saturated rings. The van der Waals surface area contributed by atoms with Crippen LogP contribution in [0.5, 0.6) is 0 Å². The Morgan fingerprint density at radius 3 is 2.55 bits per heavy atom. The Balaban J connectivity index is 2.26. The van der Waals surface area contributed by atoms with Crippen LogP contribution in [0.1, 0.15) is 60.3 Å². The zero-order valence-electron chi connectivity index (χ0n) is 14.1. The summed E-state index contributed by atoms with van der Waals surface area (Å²) in [6, 6.07) is 2.40. The van der Waals surface area contributed by atoms with E-state index in [1.807, 2.05) is 13.8 Å². The van der Waals surface area contributed by atoms with Crippen molar-refractivity contribution in [1.29, 1.82) is 5.26 Å². The monoisotopic (exact) mass is 279 g/mol. The second-order valence-corrected chi connectivity index (χ2v) is 8.04. The Labute approximate surface area is 125 Å². The van der Waals surface area contributed by atoms with E-state index in [9.17, 15) is 0 Å². The molecule has 1 atom stereocenters. The van der Waals surface area contributed by atoms with Gasteiger partial charge in [0, 0.05) is 12.1 Å². The van der Waals surface area contributed by atoms with Crippen molar-refractivity contribution in [1.82, 2.24) is 10.2 Å². The molecule has 0 radical (unpaired) electrons. The number of likely N-dealkylation sites (tertiary alicyclic amines) is 1. The Kier molecular flexibility index (Phi) is 6.48. The fourth-order valence-electron chi connectivity index (χ4n) is 2.77. The highest BCUT2D eigenvalue weighted by atomic mass is 15.1. The molecule has 1 aliphatic rings. The van der Waals surface area contributed by atoms with Crippen LogP contribution in [0, 0.1) is 22.7 Å². The number of nitrogens with one attached hydrogen (secondary N) is 1. The van der Waals surface area contributed by atoms with Crippen LogP contribution in [0.15, 0.2) is 0 Å². The fourth-order valence-corrected chi connectivity index (χ4v) is 2.77. The molecule has 0 aromatic carbocycles. The van der Waals surface area contributed by atoms with Gasteiger partial charge >= 0.3 is 0 Å². The van der Waals surface area contributed by atoms with Crippen LogP contribution in [-0.4, -0.2) is 36.6 Å². The molecule has 1 heterocycles. The van der Waals surface area contributed by atoms with Crippen molar-refractivity contribution in [3.63, 3.8) is 0 Å². The molecule has 1 saturated heterocycles. The molecule has 3 nitrogen and oxygen atoms in total. The number of piperidine rings is 1. The quantitative estimate of drug-likeness (QED) is 0.810. The summed E-state index contributed by atoms with van der Waals surface area (Å²) in [5, 5.41) is 12.7. The molecular weight excluding hydrogens is 246 g/mol. The highest BCUT2D eigenvalue weighted by molar-refractivity contribution is 4.91. The molecule has 3 heteroatoms. The van der Waals surface area contributed by atoms with Crippen LogP contribution in [0.2, 0.25) is 0 Å². The molecule has 116 valence electrons. The first-order valence-corrected chi connectivity index (χ1v) is 8.10. The first-order chi connectivity index (χ1) is 9.22. The third-order valence-corrected chi connectivity index (χ3v) is 4.10. The van der Waals surface area contributed by atoms with E-state index in [1.165, 1.54) is 25.9 Å². The van der Waals surface area contributed by atoms with Gasteiger partial charge in [0.25, 0.3) is 0 Å². The minimum absolute atomic E-state index is 0.164. The average Bonchev–Trinajstić information content (AvgIpc) is 2.36. The minimum atomic E-state index is -0.164. The Morgan fingerprint density at radius 2 is 1.95 bits per heavy atom. The predicted molar refractivity (Wildman–Crippen MR) is 85.5 cm³/mol. The topological polar surface area (TPSA) is 39.1 Å². The lowest BCUT2D eigenvalue weighted by Gasteiger charge is -2.35. The fraction of sp³-hybridized carbons (Fsp3) is 0.941. The van der Waals surface area contributed by atoms with Crippen molar-refractivity contribution in [2.45, 2.75) is 65.8 Å². The van der Waals surface area contributed by atoms with Crippen LogP contribution in [0.4, 0.5) is 0 Å². The minimum Gasteiger partial charge on any atom is -0.312 e. The van der Waals surface area contributed by atoms with E-state index in [1.54, 1.807) is 0 Å². The summed E-state index contributed by atoms with van der Waals surface area (Å²) in [6.45, 7) is 15.5. The number of rotatable bonds is 6. The van der Waals surface area contributed by atoms with Crippen molar-refractivity contribution in [2.24, 2.45) is 11.3 Å². The van der Waals surface area contributed by atoms with Crippen LogP contribution in [0.25, 0.3) is 0 Å². The van der Waals surface area contributed by atoms with Crippen LogP contribution in [0.3, 0.4) is 0 Å². The van der Waals surface area contributed by atoms with E-state index in [0.717, 1.165) is 31.8 Å². The molecule has 1 unspecified atom stereocenters. The Hall–Kier alpha value is -0.590. The summed E-state index contributed by atoms with van der Waals surface area (Å²) in [6.07, 6.45) is 4.81. The molecule has 1 aliphatic heterocycles. The van der Waals surface area contributed by atoms with Crippen LogP contribution in [-0.2, 0) is 0 Å². The van der Waals surface area contributed by atoms with E-state index in [4.69, 9.17) is 5.26 Å². The lowest BCUT2D eigenvalue weighted by Crippen LogP contribution is -2.44. The van der Waals surface area contributed by atoms with Gasteiger partial charge in [-0.15, -0.1) is 0 Å². The maximum atomic E-state index is 9.05. The maximum absolute atomic E-state index is 9.05. The molecule has 1 rings (SSSR count). The van der Waals surface area contributed by atoms with Crippen molar-refractivity contribution in [3.05, 3.63) is 0 Å². The highest BCUT2D eigenvalue weighted by Crippen LogP contribution is 2.22. The lowest BCUT2D eigenvalue weighted by atomic mass is 9.89. The smallest absolute Gasteiger partial charge is 0.0683 e. The predicted octanol–water partition coefficient (Wildman–Crippen LogP) is 3.42. The van der Waals surface area contributed by atoms with Gasteiger partial charge in [0.05, 0.1) is 11.5 Å². The SMILES string of the molecule is CC(C)(C#N)CCCN1CCCC(CNC(C)(C)C)C1. The first-order valence-electron chi connectivity index (χ1n) is 8.10. The van der Waals surface area contributed by atoms with Crippen LogP contribution < -0.4 is 5.32 Å². The van der Waals surface area contributed by atoms with Gasteiger partial charge in [0.15, 0.2) is 0 Å². The molecule has 0 aliphatic carbocycles. The summed E-state index contributed by atoms with van der Waals surface area (Å²) in [4.78, 5) is 2.59. The van der Waals surface area contributed by atoms with Crippen LogP contribution >= 0.6 is 0 Å². The molecule has 0 bridgehead atoms. The molecule has 0 spiro atoms. The second kappa shape index (κ2) is 7.43. The highest BCUT2D eigenvalue weighted by Gasteiger charge is 2.22. The van der Waals surface area contributed by atoms with E-state index in [2.05, 4.69) is 37.1 Å². The number of nitrogens with zero attached hydrogens (tertiary/aromatic N) is 2. The maximum Gasteiger partial charge on any atom is 0.0683 e. The standard InChI is InChI=1S/C17H33N3/c1-16(2,3)19-12-15-8-6-10-20(13-15)11-7-9-17(4,5)14-18/h15,19H,6-13H2,1-5H3.